The van der Waals surface area contributed by atoms with Crippen molar-refractivity contribution in [1.82, 2.24) is 9.13 Å². The van der Waals surface area contributed by atoms with E-state index in [4.69, 9.17) is 0 Å². The molecule has 2 nitrogen and oxygen atoms in total. The van der Waals surface area contributed by atoms with Crippen LogP contribution in [-0.2, 0) is 12.4 Å². The Morgan fingerprint density at radius 2 is 1.00 bits per heavy atom. The molecular formula is C40H26F6N2. The van der Waals surface area contributed by atoms with Crippen molar-refractivity contribution in [3.63, 3.8) is 0 Å². The number of nitrogens with zero attached hydrogens (tertiary/aromatic N) is 2. The van der Waals surface area contributed by atoms with Gasteiger partial charge in [-0.05, 0) is 73.0 Å². The standard InChI is InChI=1S/C40H26F6N2/c1-23-14-16-30-28-10-3-5-12-32(28)47(35(30)20-23)34-19-18-27(25-8-7-9-26(22-25)39(41,42)43)38(37(34)40(44,45)46)48-33-13-6-4-11-29(33)31-17-15-24(2)21-36(31)48/h3-22H,1-2H3. The van der Waals surface area contributed by atoms with E-state index in [0.29, 0.717) is 22.1 Å². The molecule has 0 radical (unpaired) electrons. The quantitative estimate of drug-likeness (QED) is 0.169. The van der Waals surface area contributed by atoms with Gasteiger partial charge in [-0.3, -0.25) is 0 Å². The summed E-state index contributed by atoms with van der Waals surface area (Å²) in [6.45, 7) is 3.74. The topological polar surface area (TPSA) is 9.86 Å². The van der Waals surface area contributed by atoms with Gasteiger partial charge in [-0.1, -0.05) is 78.9 Å². The Morgan fingerprint density at radius 3 is 1.58 bits per heavy atom. The molecule has 2 aromatic heterocycles. The lowest BCUT2D eigenvalue weighted by atomic mass is 9.95. The normalized spacial score (nSPS) is 12.6. The van der Waals surface area contributed by atoms with Gasteiger partial charge in [0, 0.05) is 27.1 Å². The Bertz CT molecular complexity index is 2560. The predicted octanol–water partition coefficient (Wildman–Crippen LogP) is 12.2. The Balaban J connectivity index is 1.61. The van der Waals surface area contributed by atoms with Gasteiger partial charge in [-0.2, -0.15) is 26.3 Å². The van der Waals surface area contributed by atoms with Crippen LogP contribution in [0.25, 0.3) is 66.1 Å². The maximum Gasteiger partial charge on any atom is 0.420 e. The largest absolute Gasteiger partial charge is 0.420 e. The summed E-state index contributed by atoms with van der Waals surface area (Å²) < 4.78 is 93.2. The van der Waals surface area contributed by atoms with Gasteiger partial charge >= 0.3 is 12.4 Å². The number of halogens is 6. The van der Waals surface area contributed by atoms with Gasteiger partial charge in [0.15, 0.2) is 0 Å². The summed E-state index contributed by atoms with van der Waals surface area (Å²) in [5, 5.41) is 3.04. The van der Waals surface area contributed by atoms with Crippen molar-refractivity contribution in [2.24, 2.45) is 0 Å². The molecule has 0 fully saturated rings. The van der Waals surface area contributed by atoms with Crippen LogP contribution in [-0.4, -0.2) is 9.13 Å². The van der Waals surface area contributed by atoms with Gasteiger partial charge in [0.05, 0.1) is 39.0 Å². The van der Waals surface area contributed by atoms with E-state index in [2.05, 4.69) is 0 Å². The molecule has 0 atom stereocenters. The van der Waals surface area contributed by atoms with Crippen LogP contribution >= 0.6 is 0 Å². The van der Waals surface area contributed by atoms with Crippen molar-refractivity contribution in [1.29, 1.82) is 0 Å². The summed E-state index contributed by atoms with van der Waals surface area (Å²) in [4.78, 5) is 0. The van der Waals surface area contributed by atoms with Crippen molar-refractivity contribution in [3.8, 4) is 22.5 Å². The first-order valence-electron chi connectivity index (χ1n) is 15.3. The number of para-hydroxylation sites is 2. The van der Waals surface area contributed by atoms with E-state index in [1.54, 1.807) is 33.4 Å². The van der Waals surface area contributed by atoms with Gasteiger partial charge in [0.1, 0.15) is 5.56 Å². The van der Waals surface area contributed by atoms with E-state index in [1.165, 1.54) is 24.3 Å². The highest BCUT2D eigenvalue weighted by molar-refractivity contribution is 6.11. The molecule has 0 aliphatic heterocycles. The van der Waals surface area contributed by atoms with Gasteiger partial charge in [0.2, 0.25) is 0 Å². The van der Waals surface area contributed by atoms with Gasteiger partial charge in [0.25, 0.3) is 0 Å². The number of fused-ring (bicyclic) bond motifs is 6. The Kier molecular flexibility index (Phi) is 6.54. The van der Waals surface area contributed by atoms with Crippen LogP contribution in [0.5, 0.6) is 0 Å². The third kappa shape index (κ3) is 4.58. The monoisotopic (exact) mass is 648 g/mol. The summed E-state index contributed by atoms with van der Waals surface area (Å²) in [7, 11) is 0. The second-order valence-electron chi connectivity index (χ2n) is 12.2. The van der Waals surface area contributed by atoms with E-state index in [9.17, 15) is 13.2 Å². The summed E-state index contributed by atoms with van der Waals surface area (Å²) in [5.74, 6) is 0. The van der Waals surface area contributed by atoms with Crippen LogP contribution in [0.4, 0.5) is 26.3 Å². The zero-order valence-electron chi connectivity index (χ0n) is 25.7. The van der Waals surface area contributed by atoms with Crippen LogP contribution in [0.3, 0.4) is 0 Å². The maximum absolute atomic E-state index is 16.0. The van der Waals surface area contributed by atoms with E-state index >= 15 is 13.2 Å². The highest BCUT2D eigenvalue weighted by atomic mass is 19.4. The zero-order chi connectivity index (χ0) is 33.5. The van der Waals surface area contributed by atoms with Gasteiger partial charge < -0.3 is 9.13 Å². The minimum atomic E-state index is -4.93. The summed E-state index contributed by atoms with van der Waals surface area (Å²) in [6.07, 6.45) is -9.61. The number of benzene rings is 6. The Morgan fingerprint density at radius 1 is 0.458 bits per heavy atom. The maximum atomic E-state index is 16.0. The third-order valence-electron chi connectivity index (χ3n) is 9.06. The lowest BCUT2D eigenvalue weighted by molar-refractivity contribution is -0.138. The number of aromatic nitrogens is 2. The Hall–Kier alpha value is -5.50. The SMILES string of the molecule is Cc1ccc2c3ccccc3n(-c3ccc(-c4cccc(C(F)(F)F)c4)c(-n4c5ccccc5c5ccc(C)cc54)c3C(F)(F)F)c2c1. The Labute approximate surface area is 271 Å². The van der Waals surface area contributed by atoms with Crippen LogP contribution in [0.2, 0.25) is 0 Å². The van der Waals surface area contributed by atoms with E-state index in [1.807, 2.05) is 74.5 Å². The van der Waals surface area contributed by atoms with E-state index in [0.717, 1.165) is 44.8 Å². The second-order valence-corrected chi connectivity index (χ2v) is 12.2. The molecule has 48 heavy (non-hydrogen) atoms. The van der Waals surface area contributed by atoms with Crippen molar-refractivity contribution < 1.29 is 26.3 Å². The highest BCUT2D eigenvalue weighted by Gasteiger charge is 2.40. The smallest absolute Gasteiger partial charge is 0.309 e. The van der Waals surface area contributed by atoms with Gasteiger partial charge in [-0.25, -0.2) is 0 Å². The average molecular weight is 649 g/mol. The molecule has 0 aliphatic rings. The van der Waals surface area contributed by atoms with E-state index < -0.39 is 23.5 Å². The summed E-state index contributed by atoms with van der Waals surface area (Å²) in [5.41, 5.74) is 1.69. The fraction of sp³-hybridized carbons (Fsp3) is 0.100. The average Bonchev–Trinajstić information content (AvgIpc) is 3.55. The molecule has 0 saturated heterocycles. The highest BCUT2D eigenvalue weighted by Crippen LogP contribution is 2.48. The van der Waals surface area contributed by atoms with E-state index in [-0.39, 0.29) is 22.5 Å². The van der Waals surface area contributed by atoms with Crippen molar-refractivity contribution >= 4 is 43.6 Å². The first kappa shape index (κ1) is 29.9. The molecular weight excluding hydrogens is 622 g/mol. The number of hydrogen-bond donors (Lipinski definition) is 0. The minimum Gasteiger partial charge on any atom is -0.309 e. The molecule has 8 rings (SSSR count). The van der Waals surface area contributed by atoms with Crippen LogP contribution < -0.4 is 0 Å². The predicted molar refractivity (Wildman–Crippen MR) is 180 cm³/mol. The molecule has 0 aliphatic carbocycles. The molecule has 6 aromatic carbocycles. The molecule has 0 unspecified atom stereocenters. The molecule has 238 valence electrons. The van der Waals surface area contributed by atoms with Crippen LogP contribution in [0, 0.1) is 13.8 Å². The molecule has 2 heterocycles. The number of alkyl halides is 6. The number of hydrogen-bond acceptors (Lipinski definition) is 0. The minimum absolute atomic E-state index is 0.0218. The molecule has 8 heteroatoms. The molecule has 0 N–H and O–H groups in total. The molecule has 0 spiro atoms. The zero-order valence-corrected chi connectivity index (χ0v) is 25.7. The first-order chi connectivity index (χ1) is 22.9. The number of rotatable bonds is 3. The lowest BCUT2D eigenvalue weighted by Crippen LogP contribution is -2.17. The van der Waals surface area contributed by atoms with Crippen molar-refractivity contribution in [2.45, 2.75) is 26.2 Å². The summed E-state index contributed by atoms with van der Waals surface area (Å²) in [6, 6.07) is 33.1. The molecule has 0 amide bonds. The fourth-order valence-electron chi connectivity index (χ4n) is 7.04. The molecule has 8 aromatic rings. The van der Waals surface area contributed by atoms with Crippen LogP contribution in [0.1, 0.15) is 22.3 Å². The third-order valence-corrected chi connectivity index (χ3v) is 9.06. The summed E-state index contributed by atoms with van der Waals surface area (Å²) >= 11 is 0. The first-order valence-corrected chi connectivity index (χ1v) is 15.3. The molecule has 0 saturated carbocycles. The number of aryl methyl sites for hydroxylation is 2. The van der Waals surface area contributed by atoms with Crippen molar-refractivity contribution in [3.05, 3.63) is 144 Å². The second kappa shape index (κ2) is 10.5. The van der Waals surface area contributed by atoms with Crippen molar-refractivity contribution in [2.75, 3.05) is 0 Å². The lowest BCUT2D eigenvalue weighted by Gasteiger charge is -2.24. The van der Waals surface area contributed by atoms with Crippen LogP contribution in [0.15, 0.2) is 121 Å². The van der Waals surface area contributed by atoms with Gasteiger partial charge in [-0.15, -0.1) is 0 Å². The molecule has 0 bridgehead atoms. The fourth-order valence-corrected chi connectivity index (χ4v) is 7.04.